The van der Waals surface area contributed by atoms with Crippen LogP contribution in [0.5, 0.6) is 0 Å². The number of aromatic amines is 1. The molecule has 0 unspecified atom stereocenters. The SMILES string of the molecule is N#CCCc1cn[nH]c1-c1ccoc1. The summed E-state index contributed by atoms with van der Waals surface area (Å²) in [6.45, 7) is 0. The van der Waals surface area contributed by atoms with Crippen LogP contribution < -0.4 is 0 Å². The van der Waals surface area contributed by atoms with Gasteiger partial charge in [-0.05, 0) is 18.1 Å². The van der Waals surface area contributed by atoms with Crippen molar-refractivity contribution in [1.29, 1.82) is 5.26 Å². The van der Waals surface area contributed by atoms with Crippen LogP contribution in [0.1, 0.15) is 12.0 Å². The Hall–Kier alpha value is -2.02. The van der Waals surface area contributed by atoms with Crippen LogP contribution in [0.15, 0.2) is 29.2 Å². The molecule has 4 heteroatoms. The van der Waals surface area contributed by atoms with Gasteiger partial charge in [0.25, 0.3) is 0 Å². The van der Waals surface area contributed by atoms with Gasteiger partial charge in [0, 0.05) is 12.0 Å². The second kappa shape index (κ2) is 3.79. The highest BCUT2D eigenvalue weighted by molar-refractivity contribution is 5.61. The Morgan fingerprint density at radius 3 is 3.21 bits per heavy atom. The maximum atomic E-state index is 8.49. The first kappa shape index (κ1) is 8.57. The van der Waals surface area contributed by atoms with E-state index >= 15 is 0 Å². The molecule has 0 aliphatic carbocycles. The van der Waals surface area contributed by atoms with Crippen molar-refractivity contribution < 1.29 is 4.42 Å². The third-order valence-corrected chi connectivity index (χ3v) is 2.03. The fourth-order valence-electron chi connectivity index (χ4n) is 1.35. The normalized spacial score (nSPS) is 9.93. The highest BCUT2D eigenvalue weighted by atomic mass is 16.3. The molecule has 0 amide bonds. The van der Waals surface area contributed by atoms with Gasteiger partial charge in [-0.25, -0.2) is 0 Å². The van der Waals surface area contributed by atoms with E-state index in [4.69, 9.17) is 9.68 Å². The molecular weight excluding hydrogens is 178 g/mol. The highest BCUT2D eigenvalue weighted by Crippen LogP contribution is 2.21. The Morgan fingerprint density at radius 1 is 1.57 bits per heavy atom. The van der Waals surface area contributed by atoms with E-state index in [9.17, 15) is 0 Å². The molecule has 70 valence electrons. The van der Waals surface area contributed by atoms with Crippen molar-refractivity contribution in [2.24, 2.45) is 0 Å². The van der Waals surface area contributed by atoms with Crippen molar-refractivity contribution in [2.75, 3.05) is 0 Å². The number of H-pyrrole nitrogens is 1. The van der Waals surface area contributed by atoms with E-state index in [0.29, 0.717) is 12.8 Å². The molecule has 0 bridgehead atoms. The van der Waals surface area contributed by atoms with Crippen LogP contribution in [0.4, 0.5) is 0 Å². The number of nitrogens with zero attached hydrogens (tertiary/aromatic N) is 2. The van der Waals surface area contributed by atoms with Crippen molar-refractivity contribution >= 4 is 0 Å². The van der Waals surface area contributed by atoms with E-state index < -0.39 is 0 Å². The predicted molar refractivity (Wildman–Crippen MR) is 50.2 cm³/mol. The van der Waals surface area contributed by atoms with Gasteiger partial charge >= 0.3 is 0 Å². The smallest absolute Gasteiger partial charge is 0.0996 e. The van der Waals surface area contributed by atoms with Crippen molar-refractivity contribution in [1.82, 2.24) is 10.2 Å². The van der Waals surface area contributed by atoms with Gasteiger partial charge in [-0.2, -0.15) is 10.4 Å². The molecule has 0 fully saturated rings. The van der Waals surface area contributed by atoms with Crippen molar-refractivity contribution in [3.63, 3.8) is 0 Å². The molecule has 0 spiro atoms. The lowest BCUT2D eigenvalue weighted by Gasteiger charge is -1.95. The lowest BCUT2D eigenvalue weighted by molar-refractivity contribution is 0.568. The molecule has 0 aromatic carbocycles. The van der Waals surface area contributed by atoms with Crippen LogP contribution in [-0.2, 0) is 6.42 Å². The average Bonchev–Trinajstić information content (AvgIpc) is 2.84. The molecule has 0 atom stereocenters. The van der Waals surface area contributed by atoms with Gasteiger partial charge in [0.15, 0.2) is 0 Å². The zero-order valence-corrected chi connectivity index (χ0v) is 7.53. The fourth-order valence-corrected chi connectivity index (χ4v) is 1.35. The Bertz CT molecular complexity index is 436. The number of nitrogens with one attached hydrogen (secondary N) is 1. The molecule has 2 aromatic heterocycles. The molecule has 0 saturated carbocycles. The number of aromatic nitrogens is 2. The number of hydrogen-bond acceptors (Lipinski definition) is 3. The summed E-state index contributed by atoms with van der Waals surface area (Å²) in [5.41, 5.74) is 2.96. The van der Waals surface area contributed by atoms with Gasteiger partial charge in [0.2, 0.25) is 0 Å². The molecule has 2 rings (SSSR count). The minimum absolute atomic E-state index is 0.504. The van der Waals surface area contributed by atoms with E-state index in [2.05, 4.69) is 16.3 Å². The van der Waals surface area contributed by atoms with Gasteiger partial charge in [-0.15, -0.1) is 0 Å². The average molecular weight is 187 g/mol. The summed E-state index contributed by atoms with van der Waals surface area (Å²) in [5.74, 6) is 0. The summed E-state index contributed by atoms with van der Waals surface area (Å²) in [4.78, 5) is 0. The summed E-state index contributed by atoms with van der Waals surface area (Å²) < 4.78 is 4.98. The van der Waals surface area contributed by atoms with E-state index in [1.54, 1.807) is 18.7 Å². The quantitative estimate of drug-likeness (QED) is 0.800. The van der Waals surface area contributed by atoms with E-state index in [-0.39, 0.29) is 0 Å². The van der Waals surface area contributed by atoms with Crippen LogP contribution in [0, 0.1) is 11.3 Å². The molecule has 2 aromatic rings. The monoisotopic (exact) mass is 187 g/mol. The zero-order valence-electron chi connectivity index (χ0n) is 7.53. The van der Waals surface area contributed by atoms with Crippen LogP contribution in [0.25, 0.3) is 11.3 Å². The molecule has 0 aliphatic rings. The third kappa shape index (κ3) is 1.52. The van der Waals surface area contributed by atoms with Crippen LogP contribution >= 0.6 is 0 Å². The minimum atomic E-state index is 0.504. The van der Waals surface area contributed by atoms with Crippen LogP contribution in [0.3, 0.4) is 0 Å². The number of furan rings is 1. The second-order valence-electron chi connectivity index (χ2n) is 2.94. The Kier molecular flexibility index (Phi) is 2.32. The van der Waals surface area contributed by atoms with Gasteiger partial charge in [0.1, 0.15) is 0 Å². The lowest BCUT2D eigenvalue weighted by Crippen LogP contribution is -1.84. The molecule has 4 nitrogen and oxygen atoms in total. The molecule has 1 N–H and O–H groups in total. The summed E-state index contributed by atoms with van der Waals surface area (Å²) in [7, 11) is 0. The Balaban J connectivity index is 2.27. The fraction of sp³-hybridized carbons (Fsp3) is 0.200. The first-order valence-electron chi connectivity index (χ1n) is 4.33. The standard InChI is InChI=1S/C10H9N3O/c11-4-1-2-8-6-12-13-10(8)9-3-5-14-7-9/h3,5-7H,1-2H2,(H,12,13). The summed E-state index contributed by atoms with van der Waals surface area (Å²) in [5, 5.41) is 15.3. The maximum Gasteiger partial charge on any atom is 0.0996 e. The van der Waals surface area contributed by atoms with Crippen molar-refractivity contribution in [3.05, 3.63) is 30.4 Å². The number of aryl methyl sites for hydroxylation is 1. The van der Waals surface area contributed by atoms with Crippen LogP contribution in [-0.4, -0.2) is 10.2 Å². The van der Waals surface area contributed by atoms with E-state index in [0.717, 1.165) is 16.8 Å². The first-order chi connectivity index (χ1) is 6.92. The first-order valence-corrected chi connectivity index (χ1v) is 4.33. The van der Waals surface area contributed by atoms with Gasteiger partial charge in [-0.1, -0.05) is 0 Å². The van der Waals surface area contributed by atoms with Gasteiger partial charge < -0.3 is 4.42 Å². The van der Waals surface area contributed by atoms with Crippen LogP contribution in [0.2, 0.25) is 0 Å². The van der Waals surface area contributed by atoms with Crippen molar-refractivity contribution in [3.8, 4) is 17.3 Å². The van der Waals surface area contributed by atoms with Gasteiger partial charge in [0.05, 0.1) is 30.5 Å². The lowest BCUT2D eigenvalue weighted by atomic mass is 10.1. The Morgan fingerprint density at radius 2 is 2.50 bits per heavy atom. The third-order valence-electron chi connectivity index (χ3n) is 2.03. The van der Waals surface area contributed by atoms with E-state index in [1.165, 1.54) is 0 Å². The zero-order chi connectivity index (χ0) is 9.80. The molecule has 0 radical (unpaired) electrons. The topological polar surface area (TPSA) is 65.6 Å². The van der Waals surface area contributed by atoms with Crippen molar-refractivity contribution in [2.45, 2.75) is 12.8 Å². The second-order valence-corrected chi connectivity index (χ2v) is 2.94. The summed E-state index contributed by atoms with van der Waals surface area (Å²) in [6, 6.07) is 3.98. The largest absolute Gasteiger partial charge is 0.472 e. The molecular formula is C10H9N3O. The molecule has 14 heavy (non-hydrogen) atoms. The summed E-state index contributed by atoms with van der Waals surface area (Å²) >= 11 is 0. The Labute approximate surface area is 81.2 Å². The minimum Gasteiger partial charge on any atom is -0.472 e. The highest BCUT2D eigenvalue weighted by Gasteiger charge is 2.07. The molecule has 2 heterocycles. The molecule has 0 aliphatic heterocycles. The van der Waals surface area contributed by atoms with E-state index in [1.807, 2.05) is 6.07 Å². The number of nitriles is 1. The maximum absolute atomic E-state index is 8.49. The molecule has 0 saturated heterocycles. The predicted octanol–water partition coefficient (Wildman–Crippen LogP) is 2.13. The number of rotatable bonds is 3. The van der Waals surface area contributed by atoms with Gasteiger partial charge in [-0.3, -0.25) is 5.10 Å². The summed E-state index contributed by atoms with van der Waals surface area (Å²) in [6.07, 6.45) is 6.24. The number of hydrogen-bond donors (Lipinski definition) is 1.